The van der Waals surface area contributed by atoms with E-state index in [0.717, 1.165) is 5.56 Å². The Bertz CT molecular complexity index is 1190. The summed E-state index contributed by atoms with van der Waals surface area (Å²) in [5.41, 5.74) is -0.258. The number of amides is 1. The molecule has 3 heterocycles. The van der Waals surface area contributed by atoms with Crippen LogP contribution in [0, 0.1) is 5.92 Å². The summed E-state index contributed by atoms with van der Waals surface area (Å²) in [7, 11) is 0. The minimum absolute atomic E-state index is 0.0461. The van der Waals surface area contributed by atoms with Gasteiger partial charge in [0.25, 0.3) is 0 Å². The molecule has 3 aromatic rings. The Morgan fingerprint density at radius 2 is 1.94 bits per heavy atom. The number of carboxylic acids is 1. The SMILES string of the molecule is CC(C)(C)OC(=O)[C@@]1(Cn2cccn2)C[C@@H](C(=O)O)[C@@H](c2cncs2)N1C(=O)OCc1ccccc1. The van der Waals surface area contributed by atoms with Crippen molar-refractivity contribution in [3.63, 3.8) is 0 Å². The molecule has 1 aliphatic heterocycles. The normalized spacial score (nSPS) is 21.8. The number of carbonyl (C=O) groups excluding carboxylic acids is 2. The summed E-state index contributed by atoms with van der Waals surface area (Å²) >= 11 is 1.21. The van der Waals surface area contributed by atoms with E-state index in [0.29, 0.717) is 4.88 Å². The maximum absolute atomic E-state index is 13.9. The minimum atomic E-state index is -1.69. The lowest BCUT2D eigenvalue weighted by molar-refractivity contribution is -0.169. The highest BCUT2D eigenvalue weighted by molar-refractivity contribution is 7.09. The molecule has 1 amide bonds. The van der Waals surface area contributed by atoms with Gasteiger partial charge in [-0.05, 0) is 38.8 Å². The number of aromatic nitrogens is 3. The molecule has 3 atom stereocenters. The summed E-state index contributed by atoms with van der Waals surface area (Å²) in [5.74, 6) is -2.96. The number of thiazole rings is 1. The number of carboxylic acid groups (broad SMARTS) is 1. The van der Waals surface area contributed by atoms with Crippen LogP contribution in [-0.2, 0) is 32.2 Å². The fourth-order valence-electron chi connectivity index (χ4n) is 4.44. The van der Waals surface area contributed by atoms with Crippen LogP contribution in [0.15, 0.2) is 60.5 Å². The number of aliphatic carboxylic acids is 1. The van der Waals surface area contributed by atoms with Crippen LogP contribution >= 0.6 is 11.3 Å². The highest BCUT2D eigenvalue weighted by atomic mass is 32.1. The molecule has 1 fully saturated rings. The van der Waals surface area contributed by atoms with E-state index in [4.69, 9.17) is 9.47 Å². The largest absolute Gasteiger partial charge is 0.481 e. The van der Waals surface area contributed by atoms with E-state index in [2.05, 4.69) is 10.1 Å². The van der Waals surface area contributed by atoms with Gasteiger partial charge in [0.1, 0.15) is 12.2 Å². The number of nitrogens with zero attached hydrogens (tertiary/aromatic N) is 4. The van der Waals surface area contributed by atoms with Crippen LogP contribution in [0.3, 0.4) is 0 Å². The monoisotopic (exact) mass is 512 g/mol. The first-order chi connectivity index (χ1) is 17.1. The highest BCUT2D eigenvalue weighted by Gasteiger charge is 2.63. The summed E-state index contributed by atoms with van der Waals surface area (Å²) < 4.78 is 12.9. The van der Waals surface area contributed by atoms with Crippen LogP contribution in [0.4, 0.5) is 4.79 Å². The van der Waals surface area contributed by atoms with Gasteiger partial charge in [-0.25, -0.2) is 9.59 Å². The molecule has 0 bridgehead atoms. The van der Waals surface area contributed by atoms with Gasteiger partial charge >= 0.3 is 18.0 Å². The summed E-state index contributed by atoms with van der Waals surface area (Å²) in [6, 6.07) is 9.81. The number of benzene rings is 1. The van der Waals surface area contributed by atoms with Gasteiger partial charge in [-0.15, -0.1) is 11.3 Å². The zero-order valence-corrected chi connectivity index (χ0v) is 21.1. The molecule has 1 aromatic carbocycles. The third-order valence-electron chi connectivity index (χ3n) is 5.90. The van der Waals surface area contributed by atoms with E-state index in [1.54, 1.807) is 44.7 Å². The molecule has 10 nitrogen and oxygen atoms in total. The Balaban J connectivity index is 1.82. The molecule has 0 saturated carbocycles. The molecular formula is C25H28N4O6S. The number of likely N-dealkylation sites (tertiary alicyclic amines) is 1. The highest BCUT2D eigenvalue weighted by Crippen LogP contribution is 2.50. The topological polar surface area (TPSA) is 124 Å². The Morgan fingerprint density at radius 1 is 1.19 bits per heavy atom. The van der Waals surface area contributed by atoms with E-state index in [-0.39, 0.29) is 19.6 Å². The van der Waals surface area contributed by atoms with E-state index in [1.165, 1.54) is 27.1 Å². The fraction of sp³-hybridized carbons (Fsp3) is 0.400. The average molecular weight is 513 g/mol. The number of ether oxygens (including phenoxy) is 2. The average Bonchev–Trinajstić information content (AvgIpc) is 3.58. The zero-order chi connectivity index (χ0) is 25.9. The van der Waals surface area contributed by atoms with Gasteiger partial charge in [0.05, 0.1) is 24.0 Å². The third kappa shape index (κ3) is 5.25. The van der Waals surface area contributed by atoms with E-state index in [9.17, 15) is 19.5 Å². The third-order valence-corrected chi connectivity index (χ3v) is 6.75. The summed E-state index contributed by atoms with van der Waals surface area (Å²) in [5, 5.41) is 14.4. The number of esters is 1. The number of carbonyl (C=O) groups is 3. The summed E-state index contributed by atoms with van der Waals surface area (Å²) in [6.45, 7) is 5.00. The Kier molecular flexibility index (Phi) is 7.11. The van der Waals surface area contributed by atoms with E-state index >= 15 is 0 Å². The fourth-order valence-corrected chi connectivity index (χ4v) is 5.21. The lowest BCUT2D eigenvalue weighted by atomic mass is 9.90. The van der Waals surface area contributed by atoms with Crippen molar-refractivity contribution in [3.8, 4) is 0 Å². The van der Waals surface area contributed by atoms with Crippen LogP contribution in [0.25, 0.3) is 0 Å². The predicted molar refractivity (Wildman–Crippen MR) is 130 cm³/mol. The van der Waals surface area contributed by atoms with Crippen molar-refractivity contribution in [2.24, 2.45) is 5.92 Å². The number of hydrogen-bond acceptors (Lipinski definition) is 8. The number of rotatable bonds is 7. The molecule has 0 radical (unpaired) electrons. The van der Waals surface area contributed by atoms with Crippen molar-refractivity contribution in [2.75, 3.05) is 0 Å². The molecule has 36 heavy (non-hydrogen) atoms. The lowest BCUT2D eigenvalue weighted by Gasteiger charge is -2.39. The Labute approximate surface area is 212 Å². The van der Waals surface area contributed by atoms with Crippen molar-refractivity contribution < 1.29 is 29.0 Å². The van der Waals surface area contributed by atoms with Gasteiger partial charge in [-0.1, -0.05) is 30.3 Å². The minimum Gasteiger partial charge on any atom is -0.481 e. The van der Waals surface area contributed by atoms with Crippen LogP contribution in [-0.4, -0.2) is 53.9 Å². The van der Waals surface area contributed by atoms with Gasteiger partial charge in [-0.3, -0.25) is 19.4 Å². The number of hydrogen-bond donors (Lipinski definition) is 1. The first-order valence-corrected chi connectivity index (χ1v) is 12.3. The first-order valence-electron chi connectivity index (χ1n) is 11.4. The van der Waals surface area contributed by atoms with Crippen LogP contribution in [0.1, 0.15) is 43.7 Å². The van der Waals surface area contributed by atoms with Gasteiger partial charge in [0, 0.05) is 23.5 Å². The quantitative estimate of drug-likeness (QED) is 0.473. The van der Waals surface area contributed by atoms with Crippen LogP contribution in [0.2, 0.25) is 0 Å². The Morgan fingerprint density at radius 3 is 2.53 bits per heavy atom. The molecule has 0 aliphatic carbocycles. The van der Waals surface area contributed by atoms with Crippen LogP contribution < -0.4 is 0 Å². The van der Waals surface area contributed by atoms with Crippen LogP contribution in [0.5, 0.6) is 0 Å². The van der Waals surface area contributed by atoms with Crippen molar-refractivity contribution >= 4 is 29.4 Å². The van der Waals surface area contributed by atoms with E-state index in [1.807, 2.05) is 30.3 Å². The Hall–Kier alpha value is -3.73. The van der Waals surface area contributed by atoms with Gasteiger partial charge in [0.15, 0.2) is 5.54 Å². The molecule has 1 aliphatic rings. The van der Waals surface area contributed by atoms with Crippen molar-refractivity contribution in [2.45, 2.75) is 57.5 Å². The van der Waals surface area contributed by atoms with Crippen molar-refractivity contribution in [1.29, 1.82) is 0 Å². The van der Waals surface area contributed by atoms with Crippen molar-refractivity contribution in [3.05, 3.63) is 70.9 Å². The second kappa shape index (κ2) is 10.1. The van der Waals surface area contributed by atoms with Gasteiger partial charge in [0.2, 0.25) is 0 Å². The molecule has 190 valence electrons. The second-order valence-corrected chi connectivity index (χ2v) is 10.6. The summed E-state index contributed by atoms with van der Waals surface area (Å²) in [6.07, 6.45) is 3.71. The molecule has 1 N–H and O–H groups in total. The van der Waals surface area contributed by atoms with Crippen molar-refractivity contribution in [1.82, 2.24) is 19.7 Å². The smallest absolute Gasteiger partial charge is 0.411 e. The lowest BCUT2D eigenvalue weighted by Crippen LogP contribution is -2.58. The molecule has 2 aromatic heterocycles. The van der Waals surface area contributed by atoms with Gasteiger partial charge in [-0.2, -0.15) is 5.10 Å². The van der Waals surface area contributed by atoms with E-state index < -0.39 is 41.1 Å². The molecule has 11 heteroatoms. The molecular weight excluding hydrogens is 484 g/mol. The summed E-state index contributed by atoms with van der Waals surface area (Å²) in [4.78, 5) is 46.0. The molecule has 1 saturated heterocycles. The molecule has 0 unspecified atom stereocenters. The molecule has 4 rings (SSSR count). The molecule has 0 spiro atoms. The predicted octanol–water partition coefficient (Wildman–Crippen LogP) is 3.90. The second-order valence-electron chi connectivity index (χ2n) is 9.64. The zero-order valence-electron chi connectivity index (χ0n) is 20.2. The standard InChI is InChI=1S/C25H28N4O6S/c1-24(2,3)35-22(32)25(15-28-11-7-10-27-28)12-18(21(30)31)20(19-13-26-16-36-19)29(25)23(33)34-14-17-8-5-4-6-9-17/h4-11,13,16,18,20H,12,14-15H2,1-3H3,(H,30,31)/t18-,20+,25+/m1/s1. The maximum Gasteiger partial charge on any atom is 0.411 e. The first kappa shape index (κ1) is 25.4. The van der Waals surface area contributed by atoms with Gasteiger partial charge < -0.3 is 14.6 Å². The maximum atomic E-state index is 13.9.